The van der Waals surface area contributed by atoms with Crippen LogP contribution in [0.3, 0.4) is 0 Å². The lowest BCUT2D eigenvalue weighted by molar-refractivity contribution is -0.119. The van der Waals surface area contributed by atoms with E-state index in [1.807, 2.05) is 13.8 Å². The molecule has 0 fully saturated rings. The molecule has 0 aliphatic carbocycles. The van der Waals surface area contributed by atoms with Gasteiger partial charge in [0, 0.05) is 4.88 Å². The van der Waals surface area contributed by atoms with Crippen LogP contribution in [0.2, 0.25) is 0 Å². The number of thiophene rings is 1. The van der Waals surface area contributed by atoms with Gasteiger partial charge in [-0.3, -0.25) is 4.79 Å². The van der Waals surface area contributed by atoms with Crippen LogP contribution < -0.4 is 10.1 Å². The lowest BCUT2D eigenvalue weighted by Crippen LogP contribution is -2.21. The summed E-state index contributed by atoms with van der Waals surface area (Å²) in [6, 6.07) is 7.48. The molecule has 0 spiro atoms. The number of carbonyl (C=O) groups excluding carboxylic acids is 2. The van der Waals surface area contributed by atoms with Gasteiger partial charge in [-0.25, -0.2) is 4.79 Å². The van der Waals surface area contributed by atoms with Gasteiger partial charge in [-0.05, 0) is 37.1 Å². The maximum atomic E-state index is 12.3. The Morgan fingerprint density at radius 3 is 2.64 bits per heavy atom. The molecule has 2 rings (SSSR count). The second kappa shape index (κ2) is 8.57. The summed E-state index contributed by atoms with van der Waals surface area (Å²) in [7, 11) is 0. The zero-order valence-corrected chi connectivity index (χ0v) is 14.5. The van der Waals surface area contributed by atoms with Crippen LogP contribution in [0.25, 0.3) is 0 Å². The van der Waals surface area contributed by atoms with Crippen LogP contribution in [0.5, 0.6) is 5.75 Å². The molecule has 1 aromatic carbocycles. The Labute approximate surface area is 147 Å². The number of para-hydroxylation sites is 2. The average Bonchev–Trinajstić information content (AvgIpc) is 2.95. The number of alkyl halides is 2. The fourth-order valence-electron chi connectivity index (χ4n) is 2.13. The minimum Gasteiger partial charge on any atom is -0.451 e. The van der Waals surface area contributed by atoms with Crippen LogP contribution >= 0.6 is 11.3 Å². The van der Waals surface area contributed by atoms with E-state index < -0.39 is 25.1 Å². The Kier molecular flexibility index (Phi) is 6.46. The van der Waals surface area contributed by atoms with Crippen LogP contribution in [0.15, 0.2) is 30.3 Å². The maximum absolute atomic E-state index is 12.3. The van der Waals surface area contributed by atoms with Gasteiger partial charge in [0.2, 0.25) is 0 Å². The van der Waals surface area contributed by atoms with Crippen LogP contribution in [0.1, 0.15) is 27.0 Å². The average molecular weight is 369 g/mol. The molecule has 5 nitrogen and oxygen atoms in total. The lowest BCUT2D eigenvalue weighted by atomic mass is 10.2. The highest BCUT2D eigenvalue weighted by Crippen LogP contribution is 2.26. The third-order valence-corrected chi connectivity index (χ3v) is 4.62. The normalized spacial score (nSPS) is 10.6. The number of benzene rings is 1. The number of hydrogen-bond donors (Lipinski definition) is 1. The Morgan fingerprint density at radius 2 is 2.00 bits per heavy atom. The number of rotatable bonds is 7. The summed E-state index contributed by atoms with van der Waals surface area (Å²) in [5.74, 6) is -1.42. The topological polar surface area (TPSA) is 64.6 Å². The van der Waals surface area contributed by atoms with Crippen molar-refractivity contribution in [2.75, 3.05) is 11.9 Å². The molecule has 0 unspecified atom stereocenters. The van der Waals surface area contributed by atoms with Gasteiger partial charge < -0.3 is 14.8 Å². The van der Waals surface area contributed by atoms with E-state index in [2.05, 4.69) is 10.1 Å². The molecule has 25 heavy (non-hydrogen) atoms. The van der Waals surface area contributed by atoms with Gasteiger partial charge in [0.25, 0.3) is 5.91 Å². The largest absolute Gasteiger partial charge is 0.451 e. The molecular weight excluding hydrogens is 352 g/mol. The number of aryl methyl sites for hydroxylation is 2. The molecule has 1 aromatic heterocycles. The number of carbonyl (C=O) groups is 2. The van der Waals surface area contributed by atoms with Gasteiger partial charge in [0.05, 0.1) is 5.69 Å². The first-order valence-electron chi connectivity index (χ1n) is 7.50. The summed E-state index contributed by atoms with van der Waals surface area (Å²) in [6.07, 6.45) is 0.811. The van der Waals surface area contributed by atoms with Crippen molar-refractivity contribution in [3.8, 4) is 5.75 Å². The molecule has 1 amide bonds. The zero-order valence-electron chi connectivity index (χ0n) is 13.7. The molecule has 2 aromatic rings. The van der Waals surface area contributed by atoms with Gasteiger partial charge in [-0.2, -0.15) is 8.78 Å². The molecule has 1 heterocycles. The van der Waals surface area contributed by atoms with Crippen molar-refractivity contribution in [2.45, 2.75) is 26.9 Å². The standard InChI is InChI=1S/C17H17F2NO4S/c1-3-13-10(2)8-14(25-13)16(22)23-9-15(21)20-11-6-4-5-7-12(11)24-17(18)19/h4-8,17H,3,9H2,1-2H3,(H,20,21). The second-order valence-corrected chi connectivity index (χ2v) is 6.21. The van der Waals surface area contributed by atoms with Gasteiger partial charge in [-0.1, -0.05) is 19.1 Å². The van der Waals surface area contributed by atoms with E-state index in [4.69, 9.17) is 4.74 Å². The van der Waals surface area contributed by atoms with Crippen LogP contribution in [0, 0.1) is 6.92 Å². The molecule has 0 saturated heterocycles. The minimum absolute atomic E-state index is 0.0732. The third kappa shape index (κ3) is 5.25. The Morgan fingerprint density at radius 1 is 1.28 bits per heavy atom. The van der Waals surface area contributed by atoms with Crippen molar-refractivity contribution >= 4 is 28.9 Å². The lowest BCUT2D eigenvalue weighted by Gasteiger charge is -2.11. The summed E-state index contributed by atoms with van der Waals surface area (Å²) in [4.78, 5) is 25.4. The molecule has 1 N–H and O–H groups in total. The van der Waals surface area contributed by atoms with Gasteiger partial charge in [0.1, 0.15) is 10.6 Å². The molecule has 134 valence electrons. The smallest absolute Gasteiger partial charge is 0.387 e. The molecule has 0 saturated carbocycles. The van der Waals surface area contributed by atoms with Crippen molar-refractivity contribution in [3.05, 3.63) is 45.6 Å². The highest BCUT2D eigenvalue weighted by molar-refractivity contribution is 7.14. The van der Waals surface area contributed by atoms with Crippen molar-refractivity contribution in [1.29, 1.82) is 0 Å². The van der Waals surface area contributed by atoms with Crippen molar-refractivity contribution in [2.24, 2.45) is 0 Å². The summed E-state index contributed by atoms with van der Waals surface area (Å²) in [6.45, 7) is 0.352. The fraction of sp³-hybridized carbons (Fsp3) is 0.294. The number of amides is 1. The van der Waals surface area contributed by atoms with Crippen LogP contribution in [0.4, 0.5) is 14.5 Å². The van der Waals surface area contributed by atoms with Crippen LogP contribution in [-0.2, 0) is 16.0 Å². The second-order valence-electron chi connectivity index (χ2n) is 5.07. The van der Waals surface area contributed by atoms with Crippen molar-refractivity contribution in [3.63, 3.8) is 0 Å². The zero-order chi connectivity index (χ0) is 18.4. The third-order valence-electron chi connectivity index (χ3n) is 3.25. The quantitative estimate of drug-likeness (QED) is 0.749. The first-order valence-corrected chi connectivity index (χ1v) is 8.32. The number of esters is 1. The SMILES string of the molecule is CCc1sc(C(=O)OCC(=O)Nc2ccccc2OC(F)F)cc1C. The van der Waals surface area contributed by atoms with Gasteiger partial charge in [-0.15, -0.1) is 11.3 Å². The minimum atomic E-state index is -3.01. The first kappa shape index (κ1) is 18.9. The Bertz CT molecular complexity index is 761. The molecule has 0 aliphatic heterocycles. The summed E-state index contributed by atoms with van der Waals surface area (Å²) in [5.41, 5.74) is 1.08. The van der Waals surface area contributed by atoms with Crippen molar-refractivity contribution < 1.29 is 27.8 Å². The molecule has 0 atom stereocenters. The molecule has 8 heteroatoms. The number of halogens is 2. The predicted molar refractivity (Wildman–Crippen MR) is 90.4 cm³/mol. The van der Waals surface area contributed by atoms with E-state index >= 15 is 0 Å². The van der Waals surface area contributed by atoms with Gasteiger partial charge in [0.15, 0.2) is 6.61 Å². The van der Waals surface area contributed by atoms with E-state index in [0.717, 1.165) is 16.9 Å². The van der Waals surface area contributed by atoms with E-state index in [1.165, 1.54) is 29.5 Å². The summed E-state index contributed by atoms with van der Waals surface area (Å²) < 4.78 is 34.0. The Balaban J connectivity index is 1.93. The highest BCUT2D eigenvalue weighted by atomic mass is 32.1. The number of ether oxygens (including phenoxy) is 2. The van der Waals surface area contributed by atoms with Crippen LogP contribution in [-0.4, -0.2) is 25.1 Å². The highest BCUT2D eigenvalue weighted by Gasteiger charge is 2.16. The fourth-order valence-corrected chi connectivity index (χ4v) is 3.14. The first-order chi connectivity index (χ1) is 11.9. The monoisotopic (exact) mass is 369 g/mol. The molecule has 0 radical (unpaired) electrons. The number of nitrogens with one attached hydrogen (secondary N) is 1. The summed E-state index contributed by atoms with van der Waals surface area (Å²) >= 11 is 1.32. The summed E-state index contributed by atoms with van der Waals surface area (Å²) in [5, 5.41) is 2.38. The van der Waals surface area contributed by atoms with E-state index in [-0.39, 0.29) is 11.4 Å². The molecular formula is C17H17F2NO4S. The van der Waals surface area contributed by atoms with E-state index in [1.54, 1.807) is 12.1 Å². The van der Waals surface area contributed by atoms with E-state index in [0.29, 0.717) is 4.88 Å². The Hall–Kier alpha value is -2.48. The van der Waals surface area contributed by atoms with Gasteiger partial charge >= 0.3 is 12.6 Å². The predicted octanol–water partition coefficient (Wildman–Crippen LogP) is 4.02. The van der Waals surface area contributed by atoms with E-state index in [9.17, 15) is 18.4 Å². The number of anilines is 1. The molecule has 0 bridgehead atoms. The number of hydrogen-bond acceptors (Lipinski definition) is 5. The molecule has 0 aliphatic rings. The van der Waals surface area contributed by atoms with Crippen molar-refractivity contribution in [1.82, 2.24) is 0 Å². The maximum Gasteiger partial charge on any atom is 0.387 e.